The zero-order valence-electron chi connectivity index (χ0n) is 8.78. The monoisotopic (exact) mass is 244 g/mol. The molecule has 1 heterocycles. The largest absolute Gasteiger partial charge is 0.416 e. The number of halogens is 3. The van der Waals surface area contributed by atoms with Gasteiger partial charge in [0.1, 0.15) is 0 Å². The van der Waals surface area contributed by atoms with E-state index in [1.54, 1.807) is 0 Å². The van der Waals surface area contributed by atoms with Crippen molar-refractivity contribution in [3.05, 3.63) is 41.5 Å². The lowest BCUT2D eigenvalue weighted by molar-refractivity contribution is -0.138. The third-order valence-corrected chi connectivity index (χ3v) is 1.90. The van der Waals surface area contributed by atoms with E-state index < -0.39 is 11.7 Å². The molecule has 4 nitrogen and oxygen atoms in total. The van der Waals surface area contributed by atoms with E-state index in [4.69, 9.17) is 11.5 Å². The van der Waals surface area contributed by atoms with Crippen molar-refractivity contribution in [3.63, 3.8) is 0 Å². The first-order valence-electron chi connectivity index (χ1n) is 4.62. The number of allylic oxidation sites excluding steroid dienone is 1. The molecule has 0 atom stereocenters. The van der Waals surface area contributed by atoms with Crippen molar-refractivity contribution >= 4 is 6.21 Å². The fourth-order valence-corrected chi connectivity index (χ4v) is 1.12. The smallest absolute Gasteiger partial charge is 0.403 e. The van der Waals surface area contributed by atoms with Crippen LogP contribution in [0.1, 0.15) is 11.1 Å². The zero-order chi connectivity index (χ0) is 12.9. The van der Waals surface area contributed by atoms with Gasteiger partial charge < -0.3 is 11.5 Å². The van der Waals surface area contributed by atoms with Gasteiger partial charge in [0.25, 0.3) is 0 Å². The van der Waals surface area contributed by atoms with Crippen LogP contribution in [0.4, 0.5) is 13.2 Å². The third-order valence-electron chi connectivity index (χ3n) is 1.90. The van der Waals surface area contributed by atoms with Gasteiger partial charge in [0.15, 0.2) is 0 Å². The van der Waals surface area contributed by atoms with Crippen molar-refractivity contribution in [2.75, 3.05) is 0 Å². The van der Waals surface area contributed by atoms with Gasteiger partial charge >= 0.3 is 6.18 Å². The summed E-state index contributed by atoms with van der Waals surface area (Å²) < 4.78 is 37.7. The summed E-state index contributed by atoms with van der Waals surface area (Å²) >= 11 is 0. The molecule has 7 heteroatoms. The summed E-state index contributed by atoms with van der Waals surface area (Å²) in [5, 5.41) is 0. The van der Waals surface area contributed by atoms with Crippen LogP contribution >= 0.6 is 0 Å². The lowest BCUT2D eigenvalue weighted by atomic mass is 10.1. The van der Waals surface area contributed by atoms with Crippen LogP contribution < -0.4 is 11.5 Å². The molecule has 92 valence electrons. The molecule has 0 saturated heterocycles. The Hall–Kier alpha value is -2.05. The molecular weight excluding hydrogens is 233 g/mol. The lowest BCUT2D eigenvalue weighted by Gasteiger charge is -2.10. The maximum atomic E-state index is 12.6. The molecule has 0 aliphatic carbocycles. The molecule has 0 aromatic carbocycles. The lowest BCUT2D eigenvalue weighted by Crippen LogP contribution is -2.09. The summed E-state index contributed by atoms with van der Waals surface area (Å²) in [7, 11) is 0. The van der Waals surface area contributed by atoms with Crippen LogP contribution in [0.3, 0.4) is 0 Å². The molecule has 0 amide bonds. The van der Waals surface area contributed by atoms with Crippen molar-refractivity contribution in [1.29, 1.82) is 0 Å². The van der Waals surface area contributed by atoms with E-state index in [1.165, 1.54) is 6.21 Å². The van der Waals surface area contributed by atoms with Crippen LogP contribution in [0.5, 0.6) is 0 Å². The van der Waals surface area contributed by atoms with Crippen LogP contribution in [0, 0.1) is 0 Å². The maximum Gasteiger partial charge on any atom is 0.416 e. The second-order valence-electron chi connectivity index (χ2n) is 3.17. The first-order chi connectivity index (χ1) is 7.95. The summed E-state index contributed by atoms with van der Waals surface area (Å²) in [6, 6.07) is 0.910. The Morgan fingerprint density at radius 3 is 2.76 bits per heavy atom. The Balaban J connectivity index is 2.89. The number of pyridine rings is 1. The summed E-state index contributed by atoms with van der Waals surface area (Å²) in [5.74, 6) is 0. The summed E-state index contributed by atoms with van der Waals surface area (Å²) in [6.07, 6.45) is 0.111. The van der Waals surface area contributed by atoms with E-state index in [2.05, 4.69) is 9.98 Å². The minimum atomic E-state index is -4.41. The number of nitrogens with two attached hydrogens (primary N) is 2. The molecule has 0 spiro atoms. The number of nitrogens with zero attached hydrogens (tertiary/aromatic N) is 2. The number of aromatic nitrogens is 1. The number of rotatable bonds is 3. The van der Waals surface area contributed by atoms with Crippen molar-refractivity contribution in [2.45, 2.75) is 12.7 Å². The van der Waals surface area contributed by atoms with E-state index >= 15 is 0 Å². The van der Waals surface area contributed by atoms with E-state index in [0.717, 1.165) is 24.7 Å². The minimum absolute atomic E-state index is 0.0129. The molecule has 1 aromatic rings. The predicted molar refractivity (Wildman–Crippen MR) is 57.9 cm³/mol. The van der Waals surface area contributed by atoms with Gasteiger partial charge in [-0.3, -0.25) is 9.98 Å². The predicted octanol–water partition coefficient (Wildman–Crippen LogP) is 1.43. The SMILES string of the molecule is NC=C(N)C=NCc1cnccc1C(F)(F)F. The van der Waals surface area contributed by atoms with Gasteiger partial charge in [-0.15, -0.1) is 0 Å². The highest BCUT2D eigenvalue weighted by Crippen LogP contribution is 2.31. The Morgan fingerprint density at radius 1 is 1.47 bits per heavy atom. The molecule has 17 heavy (non-hydrogen) atoms. The second-order valence-corrected chi connectivity index (χ2v) is 3.17. The van der Waals surface area contributed by atoms with E-state index in [9.17, 15) is 13.2 Å². The Morgan fingerprint density at radius 2 is 2.18 bits per heavy atom. The molecule has 0 aliphatic heterocycles. The van der Waals surface area contributed by atoms with Gasteiger partial charge in [0.05, 0.1) is 17.8 Å². The normalized spacial score (nSPS) is 13.2. The zero-order valence-corrected chi connectivity index (χ0v) is 8.78. The Labute approximate surface area is 95.9 Å². The van der Waals surface area contributed by atoms with Crippen LogP contribution in [0.15, 0.2) is 35.3 Å². The van der Waals surface area contributed by atoms with Crippen molar-refractivity contribution < 1.29 is 13.2 Å². The molecule has 1 aromatic heterocycles. The Kier molecular flexibility index (Phi) is 4.08. The first kappa shape index (κ1) is 13.0. The van der Waals surface area contributed by atoms with Crippen LogP contribution in [-0.4, -0.2) is 11.2 Å². The minimum Gasteiger partial charge on any atom is -0.403 e. The van der Waals surface area contributed by atoms with E-state index in [-0.39, 0.29) is 17.8 Å². The summed E-state index contributed by atoms with van der Waals surface area (Å²) in [4.78, 5) is 7.38. The fourth-order valence-electron chi connectivity index (χ4n) is 1.12. The average molecular weight is 244 g/mol. The van der Waals surface area contributed by atoms with Gasteiger partial charge in [-0.2, -0.15) is 13.2 Å². The van der Waals surface area contributed by atoms with Crippen molar-refractivity contribution in [3.8, 4) is 0 Å². The standard InChI is InChI=1S/C10H11F3N4/c11-10(12,13)9-1-2-16-4-7(9)5-17-6-8(15)3-14/h1-4,6H,5,14-15H2. The first-order valence-corrected chi connectivity index (χ1v) is 4.62. The van der Waals surface area contributed by atoms with Gasteiger partial charge in [-0.05, 0) is 6.07 Å². The van der Waals surface area contributed by atoms with Crippen LogP contribution in [0.25, 0.3) is 0 Å². The summed E-state index contributed by atoms with van der Waals surface area (Å²) in [6.45, 7) is -0.156. The van der Waals surface area contributed by atoms with Gasteiger partial charge in [-0.1, -0.05) is 0 Å². The topological polar surface area (TPSA) is 77.3 Å². The van der Waals surface area contributed by atoms with Gasteiger partial charge in [0.2, 0.25) is 0 Å². The number of alkyl halides is 3. The molecule has 4 N–H and O–H groups in total. The van der Waals surface area contributed by atoms with E-state index in [1.807, 2.05) is 0 Å². The van der Waals surface area contributed by atoms with Crippen LogP contribution in [0.2, 0.25) is 0 Å². The molecule has 1 rings (SSSR count). The van der Waals surface area contributed by atoms with E-state index in [0.29, 0.717) is 0 Å². The maximum absolute atomic E-state index is 12.6. The molecule has 0 radical (unpaired) electrons. The number of aliphatic imine (C=N–C) groups is 1. The fraction of sp³-hybridized carbons (Fsp3) is 0.200. The van der Waals surface area contributed by atoms with Crippen molar-refractivity contribution in [2.24, 2.45) is 16.5 Å². The third kappa shape index (κ3) is 3.78. The molecule has 0 unspecified atom stereocenters. The molecular formula is C10H11F3N4. The highest BCUT2D eigenvalue weighted by Gasteiger charge is 2.32. The van der Waals surface area contributed by atoms with Crippen LogP contribution in [-0.2, 0) is 12.7 Å². The Bertz CT molecular complexity index is 437. The van der Waals surface area contributed by atoms with Gasteiger partial charge in [-0.25, -0.2) is 0 Å². The molecule has 0 fully saturated rings. The number of hydrogen-bond acceptors (Lipinski definition) is 4. The van der Waals surface area contributed by atoms with Gasteiger partial charge in [0, 0.05) is 30.4 Å². The molecule has 0 bridgehead atoms. The number of hydrogen-bond donors (Lipinski definition) is 2. The summed E-state index contributed by atoms with van der Waals surface area (Å²) in [5.41, 5.74) is 9.81. The molecule has 0 saturated carbocycles. The van der Waals surface area contributed by atoms with Crippen molar-refractivity contribution in [1.82, 2.24) is 4.98 Å². The highest BCUT2D eigenvalue weighted by molar-refractivity contribution is 5.76. The molecule has 0 aliphatic rings. The highest BCUT2D eigenvalue weighted by atomic mass is 19.4. The average Bonchev–Trinajstić information content (AvgIpc) is 2.28. The quantitative estimate of drug-likeness (QED) is 0.789. The second kappa shape index (κ2) is 5.33.